The molecule has 4 nitrogen and oxygen atoms in total. The lowest BCUT2D eigenvalue weighted by Gasteiger charge is -2.50. The molecule has 1 aromatic heterocycles. The number of allylic oxidation sites excluding steroid dienone is 2. The van der Waals surface area contributed by atoms with E-state index in [-0.39, 0.29) is 22.7 Å². The molecule has 3 rings (SSSR count). The second-order valence-electron chi connectivity index (χ2n) is 6.49. The van der Waals surface area contributed by atoms with Crippen LogP contribution in [0, 0.1) is 22.7 Å². The Morgan fingerprint density at radius 2 is 2.15 bits per heavy atom. The monoisotopic (exact) mass is 267 g/mol. The van der Waals surface area contributed by atoms with E-state index in [9.17, 15) is 10.1 Å². The topological polar surface area (TPSA) is 66.6 Å². The first kappa shape index (κ1) is 13.0. The maximum absolute atomic E-state index is 12.5. The van der Waals surface area contributed by atoms with E-state index in [1.54, 1.807) is 6.33 Å². The van der Waals surface area contributed by atoms with Gasteiger partial charge in [-0.05, 0) is 24.3 Å². The lowest BCUT2D eigenvalue weighted by Crippen LogP contribution is -2.51. The molecule has 0 aliphatic heterocycles. The second-order valence-corrected chi connectivity index (χ2v) is 6.49. The van der Waals surface area contributed by atoms with Crippen molar-refractivity contribution >= 4 is 5.78 Å². The molecule has 0 aromatic carbocycles. The van der Waals surface area contributed by atoms with Crippen LogP contribution in [-0.4, -0.2) is 15.8 Å². The Morgan fingerprint density at radius 3 is 2.85 bits per heavy atom. The van der Waals surface area contributed by atoms with Crippen molar-refractivity contribution in [3.8, 4) is 6.07 Å². The summed E-state index contributed by atoms with van der Waals surface area (Å²) in [5.41, 5.74) is 1.47. The van der Waals surface area contributed by atoms with Gasteiger partial charge in [-0.3, -0.25) is 4.79 Å². The number of fused-ring (bicyclic) bond motifs is 3. The molecule has 2 aliphatic carbocycles. The summed E-state index contributed by atoms with van der Waals surface area (Å²) in [7, 11) is 0. The van der Waals surface area contributed by atoms with E-state index in [4.69, 9.17) is 0 Å². The fourth-order valence-corrected chi connectivity index (χ4v) is 4.02. The third kappa shape index (κ3) is 1.49. The van der Waals surface area contributed by atoms with Crippen molar-refractivity contribution in [2.75, 3.05) is 0 Å². The molecule has 0 N–H and O–H groups in total. The Labute approximate surface area is 118 Å². The molecule has 0 bridgehead atoms. The Morgan fingerprint density at radius 1 is 1.40 bits per heavy atom. The van der Waals surface area contributed by atoms with Gasteiger partial charge >= 0.3 is 0 Å². The number of aromatic nitrogens is 2. The maximum atomic E-state index is 12.5. The molecular weight excluding hydrogens is 250 g/mol. The SMILES string of the molecule is CC1(C)C(=O)C(C#N)=C[C@]2(C)c3ncncc3CC[C@@H]12. The quantitative estimate of drug-likeness (QED) is 0.723. The molecule has 20 heavy (non-hydrogen) atoms. The lowest BCUT2D eigenvalue weighted by atomic mass is 9.52. The van der Waals surface area contributed by atoms with Gasteiger partial charge in [0.15, 0.2) is 5.78 Å². The van der Waals surface area contributed by atoms with Crippen LogP contribution in [0.4, 0.5) is 0 Å². The Bertz CT molecular complexity index is 669. The van der Waals surface area contributed by atoms with E-state index in [2.05, 4.69) is 23.0 Å². The van der Waals surface area contributed by atoms with E-state index < -0.39 is 5.41 Å². The Hall–Kier alpha value is -2.02. The van der Waals surface area contributed by atoms with Gasteiger partial charge in [0.05, 0.1) is 11.3 Å². The summed E-state index contributed by atoms with van der Waals surface area (Å²) < 4.78 is 0. The van der Waals surface area contributed by atoms with Crippen LogP contribution in [0.1, 0.15) is 38.4 Å². The minimum Gasteiger partial charge on any atom is -0.293 e. The number of ketones is 1. The molecule has 0 saturated carbocycles. The molecule has 2 atom stereocenters. The number of nitriles is 1. The smallest absolute Gasteiger partial charge is 0.178 e. The number of carbonyl (C=O) groups excluding carboxylic acids is 1. The van der Waals surface area contributed by atoms with Crippen molar-refractivity contribution in [1.29, 1.82) is 5.26 Å². The molecule has 2 aliphatic rings. The van der Waals surface area contributed by atoms with Gasteiger partial charge in [0.1, 0.15) is 12.4 Å². The summed E-state index contributed by atoms with van der Waals surface area (Å²) >= 11 is 0. The molecule has 0 radical (unpaired) electrons. The standard InChI is InChI=1S/C16H17N3O/c1-15(2)12-5-4-10-8-18-9-19-13(10)16(12,3)6-11(7-17)14(15)20/h6,8-9,12H,4-5H2,1-3H3/t12-,16-/m0/s1. The van der Waals surface area contributed by atoms with Crippen LogP contribution >= 0.6 is 0 Å². The summed E-state index contributed by atoms with van der Waals surface area (Å²) in [6.07, 6.45) is 7.05. The molecule has 0 fully saturated rings. The maximum Gasteiger partial charge on any atom is 0.178 e. The summed E-state index contributed by atoms with van der Waals surface area (Å²) in [4.78, 5) is 21.0. The van der Waals surface area contributed by atoms with Gasteiger partial charge in [-0.2, -0.15) is 5.26 Å². The zero-order valence-corrected chi connectivity index (χ0v) is 12.0. The lowest BCUT2D eigenvalue weighted by molar-refractivity contribution is -0.128. The zero-order valence-electron chi connectivity index (χ0n) is 12.0. The van der Waals surface area contributed by atoms with Gasteiger partial charge in [-0.1, -0.05) is 26.8 Å². The summed E-state index contributed by atoms with van der Waals surface area (Å²) in [5, 5.41) is 9.27. The summed E-state index contributed by atoms with van der Waals surface area (Å²) in [6, 6.07) is 2.07. The number of aryl methyl sites for hydroxylation is 1. The molecule has 0 spiro atoms. The second kappa shape index (κ2) is 3.99. The molecular formula is C16H17N3O. The summed E-state index contributed by atoms with van der Waals surface area (Å²) in [6.45, 7) is 6.00. The van der Waals surface area contributed by atoms with Crippen LogP contribution in [0.2, 0.25) is 0 Å². The highest BCUT2D eigenvalue weighted by molar-refractivity contribution is 6.04. The third-order valence-electron chi connectivity index (χ3n) is 4.99. The molecule has 4 heteroatoms. The van der Waals surface area contributed by atoms with Gasteiger partial charge < -0.3 is 0 Å². The first-order valence-corrected chi connectivity index (χ1v) is 6.88. The minimum atomic E-state index is -0.531. The van der Waals surface area contributed by atoms with E-state index in [1.165, 1.54) is 0 Å². The number of Topliss-reactive ketones (excluding diaryl/α,β-unsaturated/α-hetero) is 1. The first-order valence-electron chi connectivity index (χ1n) is 6.88. The van der Waals surface area contributed by atoms with Crippen molar-refractivity contribution in [2.45, 2.75) is 39.0 Å². The van der Waals surface area contributed by atoms with Crippen LogP contribution in [-0.2, 0) is 16.6 Å². The predicted molar refractivity (Wildman–Crippen MR) is 73.7 cm³/mol. The number of hydrogen-bond acceptors (Lipinski definition) is 4. The molecule has 1 heterocycles. The van der Waals surface area contributed by atoms with Crippen molar-refractivity contribution in [3.63, 3.8) is 0 Å². The fourth-order valence-electron chi connectivity index (χ4n) is 4.02. The van der Waals surface area contributed by atoms with Crippen LogP contribution < -0.4 is 0 Å². The number of hydrogen-bond donors (Lipinski definition) is 0. The molecule has 102 valence electrons. The van der Waals surface area contributed by atoms with Gasteiger partial charge in [0.25, 0.3) is 0 Å². The average Bonchev–Trinajstić information content (AvgIpc) is 2.43. The fraction of sp³-hybridized carbons (Fsp3) is 0.500. The Kier molecular flexibility index (Phi) is 2.59. The molecule has 0 saturated heterocycles. The number of rotatable bonds is 0. The number of nitrogens with zero attached hydrogens (tertiary/aromatic N) is 3. The van der Waals surface area contributed by atoms with Crippen molar-refractivity contribution in [1.82, 2.24) is 9.97 Å². The minimum absolute atomic E-state index is 0.0417. The van der Waals surface area contributed by atoms with Crippen molar-refractivity contribution in [3.05, 3.63) is 35.4 Å². The zero-order chi connectivity index (χ0) is 14.5. The highest BCUT2D eigenvalue weighted by Gasteiger charge is 2.54. The molecule has 0 amide bonds. The van der Waals surface area contributed by atoms with Gasteiger partial charge in [0, 0.05) is 17.0 Å². The average molecular weight is 267 g/mol. The van der Waals surface area contributed by atoms with Gasteiger partial charge in [-0.15, -0.1) is 0 Å². The highest BCUT2D eigenvalue weighted by Crippen LogP contribution is 2.53. The Balaban J connectivity index is 2.28. The number of carbonyl (C=O) groups is 1. The van der Waals surface area contributed by atoms with E-state index in [0.717, 1.165) is 24.1 Å². The summed E-state index contributed by atoms with van der Waals surface area (Å²) in [5.74, 6) is 0.127. The van der Waals surface area contributed by atoms with Crippen LogP contribution in [0.25, 0.3) is 0 Å². The largest absolute Gasteiger partial charge is 0.293 e. The molecule has 1 aromatic rings. The van der Waals surface area contributed by atoms with Gasteiger partial charge in [0.2, 0.25) is 0 Å². The van der Waals surface area contributed by atoms with Crippen LogP contribution in [0.5, 0.6) is 0 Å². The van der Waals surface area contributed by atoms with Gasteiger partial charge in [-0.25, -0.2) is 9.97 Å². The van der Waals surface area contributed by atoms with Crippen molar-refractivity contribution < 1.29 is 4.79 Å². The van der Waals surface area contributed by atoms with Crippen LogP contribution in [0.15, 0.2) is 24.2 Å². The van der Waals surface area contributed by atoms with Crippen LogP contribution in [0.3, 0.4) is 0 Å². The first-order chi connectivity index (χ1) is 9.41. The predicted octanol–water partition coefficient (Wildman–Crippen LogP) is 2.36. The molecule has 0 unspecified atom stereocenters. The highest BCUT2D eigenvalue weighted by atomic mass is 16.1. The van der Waals surface area contributed by atoms with E-state index in [0.29, 0.717) is 0 Å². The van der Waals surface area contributed by atoms with E-state index >= 15 is 0 Å². The van der Waals surface area contributed by atoms with Crippen molar-refractivity contribution in [2.24, 2.45) is 11.3 Å². The normalized spacial score (nSPS) is 30.8. The third-order valence-corrected chi connectivity index (χ3v) is 4.99. The van der Waals surface area contributed by atoms with E-state index in [1.807, 2.05) is 26.1 Å².